The molecular weight excluding hydrogens is 294 g/mol. The number of aromatic nitrogens is 1. The van der Waals surface area contributed by atoms with Gasteiger partial charge in [0.25, 0.3) is 5.56 Å². The van der Waals surface area contributed by atoms with Gasteiger partial charge in [-0.05, 0) is 44.2 Å². The van der Waals surface area contributed by atoms with Crippen LogP contribution < -0.4 is 5.56 Å². The molecule has 23 heavy (non-hydrogen) atoms. The molecule has 1 aliphatic heterocycles. The van der Waals surface area contributed by atoms with Crippen molar-refractivity contribution in [2.75, 3.05) is 20.2 Å². The number of nitriles is 1. The summed E-state index contributed by atoms with van der Waals surface area (Å²) in [7, 11) is 1.71. The van der Waals surface area contributed by atoms with E-state index < -0.39 is 0 Å². The standard InChI is InChI=1S/C17H23N3O3/c1-11-14(12(2)19-17(22)15(11)10-18)4-5-16(21)20-8-6-13(23-3)7-9-20/h13H,4-9H2,1-3H3,(H,19,22). The van der Waals surface area contributed by atoms with Crippen LogP contribution in [0, 0.1) is 25.2 Å². The Morgan fingerprint density at radius 2 is 2.04 bits per heavy atom. The summed E-state index contributed by atoms with van der Waals surface area (Å²) in [5, 5.41) is 9.09. The Kier molecular flexibility index (Phi) is 5.56. The number of hydrogen-bond acceptors (Lipinski definition) is 4. The Morgan fingerprint density at radius 3 is 2.61 bits per heavy atom. The van der Waals surface area contributed by atoms with E-state index in [0.717, 1.165) is 37.2 Å². The highest BCUT2D eigenvalue weighted by molar-refractivity contribution is 5.76. The van der Waals surface area contributed by atoms with Crippen LogP contribution >= 0.6 is 0 Å². The minimum Gasteiger partial charge on any atom is -0.381 e. The normalized spacial score (nSPS) is 15.5. The van der Waals surface area contributed by atoms with Gasteiger partial charge in [-0.15, -0.1) is 0 Å². The Morgan fingerprint density at radius 1 is 1.39 bits per heavy atom. The molecule has 1 aliphatic rings. The third-order valence-electron chi connectivity index (χ3n) is 4.64. The lowest BCUT2D eigenvalue weighted by Crippen LogP contribution is -2.40. The number of piperidine rings is 1. The summed E-state index contributed by atoms with van der Waals surface area (Å²) in [6.45, 7) is 5.03. The summed E-state index contributed by atoms with van der Waals surface area (Å²) in [5.74, 6) is 0.114. The lowest BCUT2D eigenvalue weighted by Gasteiger charge is -2.31. The number of carbonyl (C=O) groups is 1. The van der Waals surface area contributed by atoms with Gasteiger partial charge >= 0.3 is 0 Å². The first-order valence-corrected chi connectivity index (χ1v) is 7.91. The predicted octanol–water partition coefficient (Wildman–Crippen LogP) is 1.43. The summed E-state index contributed by atoms with van der Waals surface area (Å²) >= 11 is 0. The maximum absolute atomic E-state index is 12.4. The number of pyridine rings is 1. The van der Waals surface area contributed by atoms with Crippen molar-refractivity contribution in [3.05, 3.63) is 32.7 Å². The van der Waals surface area contributed by atoms with Gasteiger partial charge in [-0.2, -0.15) is 5.26 Å². The minimum absolute atomic E-state index is 0.114. The summed E-state index contributed by atoms with van der Waals surface area (Å²) in [6, 6.07) is 1.94. The fourth-order valence-electron chi connectivity index (χ4n) is 3.15. The molecule has 0 spiro atoms. The smallest absolute Gasteiger partial charge is 0.266 e. The van der Waals surface area contributed by atoms with Gasteiger partial charge in [-0.1, -0.05) is 0 Å². The zero-order valence-corrected chi connectivity index (χ0v) is 13.9. The highest BCUT2D eigenvalue weighted by Gasteiger charge is 2.22. The van der Waals surface area contributed by atoms with E-state index in [-0.39, 0.29) is 23.1 Å². The molecule has 2 rings (SSSR count). The third-order valence-corrected chi connectivity index (χ3v) is 4.64. The largest absolute Gasteiger partial charge is 0.381 e. The first-order valence-electron chi connectivity index (χ1n) is 7.91. The van der Waals surface area contributed by atoms with Crippen LogP contribution in [0.5, 0.6) is 0 Å². The second kappa shape index (κ2) is 7.42. The Bertz CT molecular complexity index is 680. The highest BCUT2D eigenvalue weighted by atomic mass is 16.5. The van der Waals surface area contributed by atoms with Crippen LogP contribution in [0.2, 0.25) is 0 Å². The van der Waals surface area contributed by atoms with Gasteiger partial charge < -0.3 is 14.6 Å². The number of ether oxygens (including phenoxy) is 1. The molecule has 1 N–H and O–H groups in total. The monoisotopic (exact) mass is 317 g/mol. The molecule has 124 valence electrons. The summed E-state index contributed by atoms with van der Waals surface area (Å²) in [4.78, 5) is 28.7. The number of aromatic amines is 1. The van der Waals surface area contributed by atoms with Gasteiger partial charge in [0.15, 0.2) is 0 Å². The Labute approximate surface area is 136 Å². The molecule has 1 aromatic heterocycles. The number of amides is 1. The molecule has 0 atom stereocenters. The maximum Gasteiger partial charge on any atom is 0.266 e. The van der Waals surface area contributed by atoms with Crippen LogP contribution in [0.3, 0.4) is 0 Å². The number of nitrogens with zero attached hydrogens (tertiary/aromatic N) is 2. The number of H-pyrrole nitrogens is 1. The Hall–Kier alpha value is -2.13. The second-order valence-corrected chi connectivity index (χ2v) is 5.99. The van der Waals surface area contributed by atoms with Crippen molar-refractivity contribution in [1.82, 2.24) is 9.88 Å². The molecule has 0 radical (unpaired) electrons. The van der Waals surface area contributed by atoms with E-state index in [1.165, 1.54) is 0 Å². The van der Waals surface area contributed by atoms with Crippen LogP contribution in [0.4, 0.5) is 0 Å². The van der Waals surface area contributed by atoms with Crippen molar-refractivity contribution in [3.8, 4) is 6.07 Å². The molecule has 2 heterocycles. The van der Waals surface area contributed by atoms with Crippen molar-refractivity contribution in [2.24, 2.45) is 0 Å². The van der Waals surface area contributed by atoms with Crippen LogP contribution in [0.25, 0.3) is 0 Å². The number of carbonyl (C=O) groups excluding carboxylic acids is 1. The summed E-state index contributed by atoms with van der Waals surface area (Å²) < 4.78 is 5.31. The van der Waals surface area contributed by atoms with Gasteiger partial charge in [0, 0.05) is 32.3 Å². The molecule has 0 saturated carbocycles. The number of hydrogen-bond donors (Lipinski definition) is 1. The number of nitrogens with one attached hydrogen (secondary N) is 1. The number of aryl methyl sites for hydroxylation is 1. The molecular formula is C17H23N3O3. The average molecular weight is 317 g/mol. The number of methoxy groups -OCH3 is 1. The molecule has 0 aliphatic carbocycles. The fraction of sp³-hybridized carbons (Fsp3) is 0.588. The second-order valence-electron chi connectivity index (χ2n) is 5.99. The topological polar surface area (TPSA) is 86.2 Å². The molecule has 6 nitrogen and oxygen atoms in total. The maximum atomic E-state index is 12.4. The SMILES string of the molecule is COC1CCN(C(=O)CCc2c(C)[nH]c(=O)c(C#N)c2C)CC1. The van der Waals surface area contributed by atoms with Gasteiger partial charge in [0.1, 0.15) is 11.6 Å². The van der Waals surface area contributed by atoms with Crippen LogP contribution in [0.15, 0.2) is 4.79 Å². The summed E-state index contributed by atoms with van der Waals surface area (Å²) in [5.41, 5.74) is 2.08. The predicted molar refractivity (Wildman–Crippen MR) is 86.2 cm³/mol. The molecule has 0 aromatic carbocycles. The van der Waals surface area contributed by atoms with Crippen molar-refractivity contribution in [2.45, 2.75) is 45.6 Å². The first kappa shape index (κ1) is 17.2. The molecule has 1 amide bonds. The molecule has 1 fully saturated rings. The summed E-state index contributed by atoms with van der Waals surface area (Å²) in [6.07, 6.45) is 2.92. The van der Waals surface area contributed by atoms with E-state index in [0.29, 0.717) is 18.4 Å². The zero-order chi connectivity index (χ0) is 17.0. The van der Waals surface area contributed by atoms with Crippen molar-refractivity contribution >= 4 is 5.91 Å². The van der Waals surface area contributed by atoms with E-state index in [4.69, 9.17) is 10.00 Å². The van der Waals surface area contributed by atoms with E-state index in [2.05, 4.69) is 4.98 Å². The van der Waals surface area contributed by atoms with E-state index in [1.54, 1.807) is 21.0 Å². The average Bonchev–Trinajstić information content (AvgIpc) is 2.54. The fourth-order valence-corrected chi connectivity index (χ4v) is 3.15. The highest BCUT2D eigenvalue weighted by Crippen LogP contribution is 2.18. The van der Waals surface area contributed by atoms with Crippen LogP contribution in [-0.4, -0.2) is 42.1 Å². The minimum atomic E-state index is -0.362. The van der Waals surface area contributed by atoms with Crippen LogP contribution in [0.1, 0.15) is 41.6 Å². The van der Waals surface area contributed by atoms with E-state index in [1.807, 2.05) is 11.0 Å². The van der Waals surface area contributed by atoms with E-state index >= 15 is 0 Å². The molecule has 1 aromatic rings. The number of likely N-dealkylation sites (tertiary alicyclic amines) is 1. The molecule has 0 bridgehead atoms. The number of rotatable bonds is 4. The molecule has 6 heteroatoms. The van der Waals surface area contributed by atoms with Crippen molar-refractivity contribution in [1.29, 1.82) is 5.26 Å². The van der Waals surface area contributed by atoms with Gasteiger partial charge in [0.05, 0.1) is 6.10 Å². The zero-order valence-electron chi connectivity index (χ0n) is 13.9. The molecule has 1 saturated heterocycles. The Balaban J connectivity index is 2.03. The third kappa shape index (κ3) is 3.80. The van der Waals surface area contributed by atoms with Crippen molar-refractivity contribution in [3.63, 3.8) is 0 Å². The van der Waals surface area contributed by atoms with Gasteiger partial charge in [0.2, 0.25) is 5.91 Å². The first-order chi connectivity index (χ1) is 11.0. The molecule has 0 unspecified atom stereocenters. The van der Waals surface area contributed by atoms with E-state index in [9.17, 15) is 9.59 Å². The lowest BCUT2D eigenvalue weighted by molar-refractivity contribution is -0.133. The quantitative estimate of drug-likeness (QED) is 0.910. The van der Waals surface area contributed by atoms with Gasteiger partial charge in [-0.3, -0.25) is 9.59 Å². The van der Waals surface area contributed by atoms with Crippen LogP contribution in [-0.2, 0) is 16.0 Å². The van der Waals surface area contributed by atoms with Gasteiger partial charge in [-0.25, -0.2) is 0 Å². The van der Waals surface area contributed by atoms with Crippen molar-refractivity contribution < 1.29 is 9.53 Å². The lowest BCUT2D eigenvalue weighted by atomic mass is 9.98.